The molecule has 1 N–H and O–H groups in total. The van der Waals surface area contributed by atoms with Crippen LogP contribution in [0, 0.1) is 68.0 Å². The third-order valence-corrected chi connectivity index (χ3v) is 23.0. The topological polar surface area (TPSA) is 332 Å². The Morgan fingerprint density at radius 3 is 1.23 bits per heavy atom. The molecule has 32 heteroatoms. The van der Waals surface area contributed by atoms with E-state index >= 15 is 0 Å². The average molecular weight is 1530 g/mol. The van der Waals surface area contributed by atoms with Gasteiger partial charge in [0.05, 0.1) is 103 Å². The maximum atomic E-state index is 12.4. The van der Waals surface area contributed by atoms with Crippen LogP contribution in [0.15, 0.2) is 70.5 Å². The quantitative estimate of drug-likeness (QED) is 0.0197. The van der Waals surface area contributed by atoms with E-state index in [4.69, 9.17) is 73.4 Å². The number of H-pyrrole nitrogens is 1. The summed E-state index contributed by atoms with van der Waals surface area (Å²) in [5, 5.41) is 60.7. The number of fused-ring (bicyclic) bond motifs is 3. The van der Waals surface area contributed by atoms with Gasteiger partial charge in [-0.3, -0.25) is 0 Å². The first-order valence-electron chi connectivity index (χ1n) is 32.4. The largest absolute Gasteiger partial charge is 0.495 e. The molecule has 0 aliphatic carbocycles. The summed E-state index contributed by atoms with van der Waals surface area (Å²) in [7, 11) is -1.94. The number of rotatable bonds is 29. The lowest BCUT2D eigenvalue weighted by Crippen LogP contribution is -2.25. The first-order chi connectivity index (χ1) is 48.6. The minimum atomic E-state index is -3.81. The lowest BCUT2D eigenvalue weighted by molar-refractivity contribution is 0.0897. The fourth-order valence-electron chi connectivity index (χ4n) is 10.3. The molecule has 0 saturated carbocycles. The molecule has 0 spiro atoms. The Balaban J connectivity index is 0.000000216. The van der Waals surface area contributed by atoms with E-state index in [0.717, 1.165) is 69.1 Å². The number of sulfone groups is 1. The van der Waals surface area contributed by atoms with Crippen LogP contribution >= 0.6 is 58.3 Å². The lowest BCUT2D eigenvalue weighted by atomic mass is 10.0. The predicted octanol–water partition coefficient (Wildman–Crippen LogP) is 14.9. The summed E-state index contributed by atoms with van der Waals surface area (Å²) in [5.41, 5.74) is 6.07. The number of ether oxygens (including phenoxy) is 5. The van der Waals surface area contributed by atoms with Crippen LogP contribution in [0.4, 0.5) is 0 Å². The van der Waals surface area contributed by atoms with E-state index in [1.165, 1.54) is 33.5 Å². The molecule has 0 amide bonds. The number of nitrogens with zero attached hydrogens (tertiary/aromatic N) is 16. The molecule has 9 aromatic rings. The molecule has 0 fully saturated rings. The van der Waals surface area contributed by atoms with Crippen molar-refractivity contribution in [2.24, 2.45) is 0 Å². The first kappa shape index (κ1) is 81.0. The van der Waals surface area contributed by atoms with Gasteiger partial charge in [-0.1, -0.05) is 125 Å². The van der Waals surface area contributed by atoms with Gasteiger partial charge in [0, 0.05) is 95.5 Å². The fourth-order valence-corrected chi connectivity index (χ4v) is 14.8. The van der Waals surface area contributed by atoms with E-state index in [2.05, 4.69) is 127 Å². The number of aromatic nitrogens is 9. The molecule has 0 aliphatic rings. The first-order valence-corrected chi connectivity index (χ1v) is 44.8. The van der Waals surface area contributed by atoms with E-state index in [0.29, 0.717) is 123 Å². The number of hydrogen-bond acceptors (Lipinski definition) is 23. The van der Waals surface area contributed by atoms with E-state index < -0.39 is 31.1 Å². The fraction of sp³-hybridized carbons (Fsp3) is 0.400. The summed E-state index contributed by atoms with van der Waals surface area (Å²) in [6.45, 7) is 29.5. The maximum Gasteiger partial charge on any atom is 0.249 e. The second-order valence-corrected chi connectivity index (χ2v) is 41.9. The Hall–Kier alpha value is -8.35. The molecule has 0 aliphatic heterocycles. The van der Waals surface area contributed by atoms with Gasteiger partial charge in [-0.15, -0.1) is 0 Å². The van der Waals surface area contributed by atoms with E-state index in [9.17, 15) is 40.0 Å². The zero-order chi connectivity index (χ0) is 74.8. The van der Waals surface area contributed by atoms with Gasteiger partial charge in [0.1, 0.15) is 84.1 Å². The van der Waals surface area contributed by atoms with Crippen molar-refractivity contribution >= 4 is 117 Å². The van der Waals surface area contributed by atoms with Gasteiger partial charge in [0.25, 0.3) is 0 Å². The van der Waals surface area contributed by atoms with Crippen molar-refractivity contribution in [3.05, 3.63) is 103 Å². The number of nitrogens with one attached hydrogen (secondary N) is 1. The molecule has 0 saturated heterocycles. The number of hydrogen-bond donors (Lipinski definition) is 1. The van der Waals surface area contributed by atoms with Gasteiger partial charge >= 0.3 is 0 Å². The van der Waals surface area contributed by atoms with Gasteiger partial charge in [0.15, 0.2) is 10.3 Å². The summed E-state index contributed by atoms with van der Waals surface area (Å²) in [5.74, 6) is 2.68. The van der Waals surface area contributed by atoms with Crippen LogP contribution in [0.5, 0.6) is 17.2 Å². The second kappa shape index (κ2) is 36.7. The van der Waals surface area contributed by atoms with Crippen molar-refractivity contribution in [2.45, 2.75) is 108 Å². The van der Waals surface area contributed by atoms with Gasteiger partial charge in [-0.2, -0.15) is 36.6 Å². The molecular weight excluding hydrogens is 1450 g/mol. The predicted molar refractivity (Wildman–Crippen MR) is 407 cm³/mol. The third kappa shape index (κ3) is 20.3. The van der Waals surface area contributed by atoms with Crippen LogP contribution < -0.4 is 14.2 Å². The van der Waals surface area contributed by atoms with Crippen molar-refractivity contribution in [3.8, 4) is 87.4 Å². The van der Waals surface area contributed by atoms with Crippen LogP contribution in [0.25, 0.3) is 66.9 Å². The normalized spacial score (nSPS) is 11.5. The Morgan fingerprint density at radius 2 is 0.873 bits per heavy atom. The van der Waals surface area contributed by atoms with Crippen LogP contribution in [0.3, 0.4) is 0 Å². The minimum absolute atomic E-state index is 0.0900. The highest BCUT2D eigenvalue weighted by Gasteiger charge is 2.28. The molecular formula is C70H80Cl3N17O7S3Si2. The molecule has 3 aromatic carbocycles. The van der Waals surface area contributed by atoms with E-state index in [1.54, 1.807) is 70.9 Å². The highest BCUT2D eigenvalue weighted by molar-refractivity contribution is 7.99. The zero-order valence-corrected chi connectivity index (χ0v) is 66.2. The summed E-state index contributed by atoms with van der Waals surface area (Å²) in [6, 6.07) is 24.2. The summed E-state index contributed by atoms with van der Waals surface area (Å²) < 4.78 is 56.2. The zero-order valence-electron chi connectivity index (χ0n) is 59.5. The summed E-state index contributed by atoms with van der Waals surface area (Å²) in [6.07, 6.45) is 5.93. The van der Waals surface area contributed by atoms with Gasteiger partial charge < -0.3 is 47.6 Å². The molecule has 0 bridgehead atoms. The van der Waals surface area contributed by atoms with Crippen molar-refractivity contribution in [1.29, 1.82) is 31.6 Å². The molecule has 9 rings (SSSR count). The standard InChI is InChI=1S/C27H35ClN6O2SSi.C22H24ClN5O4SSi.C21H21ClN6OS/c1-7-33(8-2)9-11-37-27-31-25(21-14-23(35-3)19(15-29)13-22(21)28)24-20(16-30)17-34(26(24)32-27)18-36-10-12-38(4,5)6;1-31-18-9-16(17(23)8-14(18)10-24)20-19-15(11-25)12-28(13-32-6-7-34(3,4)5)21(19)27-22(26-20)33(2,29)30;1-4-28(5-2)6-7-30-21-26-19(18-14(11-24)12-25-20(18)27-21)15-9-17(29-3)13(10-23)8-16(15)22/h13-14,17H,7-12,18H2,1-6H3;8-9,12H,6-7,13H2,1-5H3;8-9,12H,4-7H2,1-3H3,(H,25,26,27). The summed E-state index contributed by atoms with van der Waals surface area (Å²) in [4.78, 5) is 35.3. The molecule has 102 heavy (non-hydrogen) atoms. The van der Waals surface area contributed by atoms with Crippen LogP contribution in [-0.4, -0.2) is 170 Å². The van der Waals surface area contributed by atoms with Crippen LogP contribution in [0.1, 0.15) is 61.1 Å². The Labute approximate surface area is 621 Å². The SMILES string of the molecule is CCN(CC)CCSc1nc(-c2cc(OC)c(C#N)cc2Cl)c2c(C#N)c[nH]c2n1.CCN(CC)CCSc1nc(-c2cc(OC)c(C#N)cc2Cl)c2c(C#N)cn(COCC[Si](C)(C)C)c2n1.COc1cc(-c2nc(S(C)(=O)=O)nc3c2c(C#N)cn3COCC[Si](C)(C)C)c(Cl)cc1C#N. The van der Waals surface area contributed by atoms with Crippen molar-refractivity contribution in [1.82, 2.24) is 53.8 Å². The molecule has 0 unspecified atom stereocenters. The Kier molecular flexibility index (Phi) is 29.1. The van der Waals surface area contributed by atoms with Crippen molar-refractivity contribution in [3.63, 3.8) is 0 Å². The van der Waals surface area contributed by atoms with Crippen molar-refractivity contribution < 1.29 is 32.1 Å². The molecule has 0 radical (unpaired) electrons. The summed E-state index contributed by atoms with van der Waals surface area (Å²) >= 11 is 22.7. The monoisotopic (exact) mass is 1530 g/mol. The highest BCUT2D eigenvalue weighted by Crippen LogP contribution is 2.42. The van der Waals surface area contributed by atoms with Crippen LogP contribution in [-0.2, 0) is 32.8 Å². The van der Waals surface area contributed by atoms with Gasteiger partial charge in [0.2, 0.25) is 15.0 Å². The number of benzene rings is 3. The number of nitriles is 6. The number of halogens is 3. The number of thioether (sulfide) groups is 2. The molecule has 6 aromatic heterocycles. The smallest absolute Gasteiger partial charge is 0.249 e. The van der Waals surface area contributed by atoms with Gasteiger partial charge in [-0.05, 0) is 74.7 Å². The van der Waals surface area contributed by atoms with E-state index in [-0.39, 0.29) is 46.7 Å². The van der Waals surface area contributed by atoms with Crippen LogP contribution in [0.2, 0.25) is 66.4 Å². The average Bonchev–Trinajstić information content (AvgIpc) is 1.53. The van der Waals surface area contributed by atoms with Crippen molar-refractivity contribution in [2.75, 3.05) is 91.6 Å². The molecule has 0 atom stereocenters. The molecule has 534 valence electrons. The molecule has 6 heterocycles. The molecule has 24 nitrogen and oxygen atoms in total. The number of aromatic amines is 1. The Morgan fingerprint density at radius 1 is 0.510 bits per heavy atom. The van der Waals surface area contributed by atoms with E-state index in [1.807, 2.05) is 10.6 Å². The highest BCUT2D eigenvalue weighted by atomic mass is 35.5. The second-order valence-electron chi connectivity index (χ2n) is 25.4. The third-order valence-electron chi connectivity index (χ3n) is 16.1. The maximum absolute atomic E-state index is 12.4. The number of methoxy groups -OCH3 is 3. The minimum Gasteiger partial charge on any atom is -0.495 e. The Bertz CT molecular complexity index is 4910. The lowest BCUT2D eigenvalue weighted by Gasteiger charge is -2.17. The van der Waals surface area contributed by atoms with Gasteiger partial charge in [-0.25, -0.2) is 33.3 Å².